The second-order valence-electron chi connectivity index (χ2n) is 8.07. The Bertz CT molecular complexity index is 1030. The molecule has 1 N–H and O–H groups in total. The van der Waals surface area contributed by atoms with Crippen LogP contribution in [0.1, 0.15) is 47.4 Å². The lowest BCUT2D eigenvalue weighted by molar-refractivity contribution is 0.0919. The van der Waals surface area contributed by atoms with E-state index in [1.165, 1.54) is 0 Å². The zero-order valence-electron chi connectivity index (χ0n) is 17.3. The Hall–Kier alpha value is -2.73. The number of hydrogen-bond donors (Lipinski definition) is 1. The van der Waals surface area contributed by atoms with Crippen molar-refractivity contribution in [2.45, 2.75) is 52.1 Å². The molecule has 6 nitrogen and oxygen atoms in total. The lowest BCUT2D eigenvalue weighted by atomic mass is 9.86. The molecule has 3 heterocycles. The number of carbonyl (C=O) groups is 1. The fraction of sp³-hybridized carbons (Fsp3) is 0.391. The van der Waals surface area contributed by atoms with Crippen LogP contribution >= 0.6 is 11.6 Å². The summed E-state index contributed by atoms with van der Waals surface area (Å²) in [5.74, 6) is 0.475. The monoisotopic (exact) mass is 423 g/mol. The van der Waals surface area contributed by atoms with Gasteiger partial charge in [0.1, 0.15) is 0 Å². The third kappa shape index (κ3) is 4.70. The maximum Gasteiger partial charge on any atom is 0.253 e. The first-order valence-corrected chi connectivity index (χ1v) is 10.8. The highest BCUT2D eigenvalue weighted by Gasteiger charge is 2.24. The van der Waals surface area contributed by atoms with E-state index in [4.69, 9.17) is 16.7 Å². The summed E-state index contributed by atoms with van der Waals surface area (Å²) in [4.78, 5) is 21.0. The Morgan fingerprint density at radius 1 is 1.20 bits per heavy atom. The Labute approximate surface area is 181 Å². The number of pyridine rings is 2. The van der Waals surface area contributed by atoms with E-state index < -0.39 is 0 Å². The minimum atomic E-state index is -0.0880. The van der Waals surface area contributed by atoms with E-state index in [1.54, 1.807) is 18.5 Å². The fourth-order valence-electron chi connectivity index (χ4n) is 4.08. The number of halogens is 1. The van der Waals surface area contributed by atoms with E-state index in [-0.39, 0.29) is 11.9 Å². The molecule has 0 spiro atoms. The van der Waals surface area contributed by atoms with Crippen LogP contribution in [0.3, 0.4) is 0 Å². The van der Waals surface area contributed by atoms with Crippen molar-refractivity contribution in [2.24, 2.45) is 5.92 Å². The molecule has 0 radical (unpaired) electrons. The Morgan fingerprint density at radius 3 is 2.73 bits per heavy atom. The zero-order chi connectivity index (χ0) is 21.1. The van der Waals surface area contributed by atoms with Gasteiger partial charge in [0.05, 0.1) is 22.0 Å². The second kappa shape index (κ2) is 8.96. The van der Waals surface area contributed by atoms with Gasteiger partial charge in [-0.1, -0.05) is 11.6 Å². The van der Waals surface area contributed by atoms with Crippen LogP contribution in [0.15, 0.2) is 42.9 Å². The SMILES string of the molecule is Cc1ncc(Cl)cc1C(=O)N[C@H]1CC[C@H](Cn2nc(-c3cccnc3)cc2C)CC1. The molecule has 156 valence electrons. The zero-order valence-corrected chi connectivity index (χ0v) is 18.1. The second-order valence-corrected chi connectivity index (χ2v) is 8.51. The number of aromatic nitrogens is 4. The van der Waals surface area contributed by atoms with Crippen LogP contribution in [-0.2, 0) is 6.54 Å². The molecular weight excluding hydrogens is 398 g/mol. The molecular formula is C23H26ClN5O. The first-order valence-electron chi connectivity index (χ1n) is 10.4. The van der Waals surface area contributed by atoms with Crippen molar-refractivity contribution in [3.05, 3.63) is 64.8 Å². The summed E-state index contributed by atoms with van der Waals surface area (Å²) in [6.45, 7) is 4.83. The topological polar surface area (TPSA) is 72.7 Å². The maximum atomic E-state index is 12.6. The van der Waals surface area contributed by atoms with Crippen LogP contribution in [0.5, 0.6) is 0 Å². The van der Waals surface area contributed by atoms with Crippen LogP contribution in [-0.4, -0.2) is 31.7 Å². The van der Waals surface area contributed by atoms with E-state index in [2.05, 4.69) is 33.0 Å². The fourth-order valence-corrected chi connectivity index (χ4v) is 4.24. The third-order valence-corrected chi connectivity index (χ3v) is 6.06. The highest BCUT2D eigenvalue weighted by Crippen LogP contribution is 2.27. The number of amides is 1. The quantitative estimate of drug-likeness (QED) is 0.650. The predicted molar refractivity (Wildman–Crippen MR) is 117 cm³/mol. The number of rotatable bonds is 5. The summed E-state index contributed by atoms with van der Waals surface area (Å²) >= 11 is 6.00. The van der Waals surface area contributed by atoms with Gasteiger partial charge in [-0.15, -0.1) is 0 Å². The molecule has 0 aliphatic heterocycles. The summed E-state index contributed by atoms with van der Waals surface area (Å²) < 4.78 is 2.10. The summed E-state index contributed by atoms with van der Waals surface area (Å²) in [5.41, 5.74) is 4.42. The van der Waals surface area contributed by atoms with Crippen LogP contribution < -0.4 is 5.32 Å². The number of hydrogen-bond acceptors (Lipinski definition) is 4. The summed E-state index contributed by atoms with van der Waals surface area (Å²) in [7, 11) is 0. The molecule has 1 fully saturated rings. The van der Waals surface area contributed by atoms with Gasteiger partial charge in [0, 0.05) is 42.4 Å². The van der Waals surface area contributed by atoms with Crippen molar-refractivity contribution in [1.82, 2.24) is 25.1 Å². The van der Waals surface area contributed by atoms with Gasteiger partial charge in [-0.3, -0.25) is 19.4 Å². The van der Waals surface area contributed by atoms with Gasteiger partial charge in [0.15, 0.2) is 0 Å². The molecule has 1 aliphatic carbocycles. The molecule has 1 saturated carbocycles. The molecule has 3 aromatic rings. The molecule has 7 heteroatoms. The molecule has 30 heavy (non-hydrogen) atoms. The number of nitrogens with zero attached hydrogens (tertiary/aromatic N) is 4. The first-order chi connectivity index (χ1) is 14.5. The molecule has 0 aromatic carbocycles. The van der Waals surface area contributed by atoms with Gasteiger partial charge >= 0.3 is 0 Å². The average molecular weight is 424 g/mol. The Balaban J connectivity index is 1.32. The van der Waals surface area contributed by atoms with Crippen molar-refractivity contribution in [2.75, 3.05) is 0 Å². The van der Waals surface area contributed by atoms with E-state index in [1.807, 2.05) is 25.3 Å². The number of carbonyl (C=O) groups excluding carboxylic acids is 1. The highest BCUT2D eigenvalue weighted by atomic mass is 35.5. The van der Waals surface area contributed by atoms with Crippen LogP contribution in [0.25, 0.3) is 11.3 Å². The van der Waals surface area contributed by atoms with Gasteiger partial charge < -0.3 is 5.32 Å². The maximum absolute atomic E-state index is 12.6. The normalized spacial score (nSPS) is 18.9. The summed E-state index contributed by atoms with van der Waals surface area (Å²) in [5, 5.41) is 8.43. The van der Waals surface area contributed by atoms with Crippen LogP contribution in [0.4, 0.5) is 0 Å². The van der Waals surface area contributed by atoms with Crippen molar-refractivity contribution in [3.63, 3.8) is 0 Å². The lowest BCUT2D eigenvalue weighted by Crippen LogP contribution is -2.38. The van der Waals surface area contributed by atoms with E-state index in [0.29, 0.717) is 22.2 Å². The molecule has 0 saturated heterocycles. The first kappa shape index (κ1) is 20.5. The molecule has 0 atom stereocenters. The highest BCUT2D eigenvalue weighted by molar-refractivity contribution is 6.30. The van der Waals surface area contributed by atoms with Crippen molar-refractivity contribution >= 4 is 17.5 Å². The average Bonchev–Trinajstić information content (AvgIpc) is 3.12. The molecule has 4 rings (SSSR count). The minimum Gasteiger partial charge on any atom is -0.349 e. The molecule has 1 amide bonds. The van der Waals surface area contributed by atoms with E-state index >= 15 is 0 Å². The van der Waals surface area contributed by atoms with Gasteiger partial charge in [-0.2, -0.15) is 5.10 Å². The summed E-state index contributed by atoms with van der Waals surface area (Å²) in [6.07, 6.45) is 9.26. The van der Waals surface area contributed by atoms with Gasteiger partial charge in [-0.25, -0.2) is 0 Å². The van der Waals surface area contributed by atoms with E-state index in [0.717, 1.165) is 49.2 Å². The lowest BCUT2D eigenvalue weighted by Gasteiger charge is -2.29. The smallest absolute Gasteiger partial charge is 0.253 e. The van der Waals surface area contributed by atoms with Crippen molar-refractivity contribution < 1.29 is 4.79 Å². The standard InChI is InChI=1S/C23H26ClN5O/c1-15-10-22(18-4-3-9-25-12-18)28-29(15)14-17-5-7-20(8-6-17)27-23(30)21-11-19(24)13-26-16(21)2/h3-4,9-13,17,20H,5-8,14H2,1-2H3,(H,27,30)/t17-,20-. The van der Waals surface area contributed by atoms with E-state index in [9.17, 15) is 4.79 Å². The van der Waals surface area contributed by atoms with Gasteiger partial charge in [-0.05, 0) is 69.7 Å². The summed E-state index contributed by atoms with van der Waals surface area (Å²) in [6, 6.07) is 7.96. The van der Waals surface area contributed by atoms with Crippen molar-refractivity contribution in [1.29, 1.82) is 0 Å². The van der Waals surface area contributed by atoms with Gasteiger partial charge in [0.2, 0.25) is 0 Å². The Kier molecular flexibility index (Phi) is 6.13. The molecule has 1 aliphatic rings. The Morgan fingerprint density at radius 2 is 2.00 bits per heavy atom. The largest absolute Gasteiger partial charge is 0.349 e. The van der Waals surface area contributed by atoms with Crippen LogP contribution in [0, 0.1) is 19.8 Å². The molecule has 3 aromatic heterocycles. The van der Waals surface area contributed by atoms with Gasteiger partial charge in [0.25, 0.3) is 5.91 Å². The molecule has 0 bridgehead atoms. The third-order valence-electron chi connectivity index (χ3n) is 5.85. The number of nitrogens with one attached hydrogen (secondary N) is 1. The minimum absolute atomic E-state index is 0.0880. The molecule has 0 unspecified atom stereocenters. The predicted octanol–water partition coefficient (Wildman–Crippen LogP) is 4.60. The van der Waals surface area contributed by atoms with Crippen LogP contribution in [0.2, 0.25) is 5.02 Å². The number of aryl methyl sites for hydroxylation is 2. The van der Waals surface area contributed by atoms with Crippen molar-refractivity contribution in [3.8, 4) is 11.3 Å².